The summed E-state index contributed by atoms with van der Waals surface area (Å²) in [5.74, 6) is -0.641. The number of primary amides is 1. The second-order valence-corrected chi connectivity index (χ2v) is 3.90. The van der Waals surface area contributed by atoms with Crippen molar-refractivity contribution in [3.8, 4) is 0 Å². The fourth-order valence-electron chi connectivity index (χ4n) is 1.98. The minimum Gasteiger partial charge on any atom is -0.364 e. The zero-order valence-corrected chi connectivity index (χ0v) is 9.72. The third-order valence-corrected chi connectivity index (χ3v) is 2.88. The van der Waals surface area contributed by atoms with Crippen molar-refractivity contribution in [3.05, 3.63) is 32.6 Å². The van der Waals surface area contributed by atoms with Crippen molar-refractivity contribution in [1.29, 1.82) is 0 Å². The van der Waals surface area contributed by atoms with Crippen molar-refractivity contribution >= 4 is 16.9 Å². The molecule has 0 radical (unpaired) electrons. The van der Waals surface area contributed by atoms with Crippen LogP contribution < -0.4 is 17.0 Å². The normalized spacial score (nSPS) is 11.0. The van der Waals surface area contributed by atoms with Crippen LogP contribution in [0, 0.1) is 0 Å². The average Bonchev–Trinajstić information content (AvgIpc) is 2.62. The zero-order chi connectivity index (χ0) is 12.9. The molecule has 0 aliphatic heterocycles. The quantitative estimate of drug-likeness (QED) is 0.665. The third kappa shape index (κ3) is 1.32. The van der Waals surface area contributed by atoms with Crippen molar-refractivity contribution in [2.24, 2.45) is 26.9 Å². The molecule has 0 bridgehead atoms. The van der Waals surface area contributed by atoms with E-state index in [0.717, 1.165) is 4.57 Å². The Morgan fingerprint density at radius 3 is 2.24 bits per heavy atom. The van der Waals surface area contributed by atoms with Gasteiger partial charge in [0.05, 0.1) is 5.39 Å². The Balaban J connectivity index is 3.14. The molecule has 2 aromatic heterocycles. The monoisotopic (exact) mass is 236 g/mol. The van der Waals surface area contributed by atoms with Gasteiger partial charge in [-0.3, -0.25) is 18.7 Å². The van der Waals surface area contributed by atoms with Crippen LogP contribution in [0.15, 0.2) is 15.7 Å². The first-order valence-corrected chi connectivity index (χ1v) is 4.91. The molecule has 0 saturated carbocycles. The molecule has 0 spiro atoms. The molecule has 0 unspecified atom stereocenters. The van der Waals surface area contributed by atoms with Crippen LogP contribution in [-0.4, -0.2) is 19.6 Å². The lowest BCUT2D eigenvalue weighted by atomic mass is 10.3. The van der Waals surface area contributed by atoms with E-state index in [2.05, 4.69) is 0 Å². The molecule has 0 atom stereocenters. The molecule has 90 valence electrons. The van der Waals surface area contributed by atoms with Gasteiger partial charge < -0.3 is 10.3 Å². The largest absolute Gasteiger partial charge is 0.364 e. The Morgan fingerprint density at radius 2 is 1.71 bits per heavy atom. The zero-order valence-electron chi connectivity index (χ0n) is 9.72. The molecule has 7 heteroatoms. The first kappa shape index (κ1) is 11.2. The van der Waals surface area contributed by atoms with Crippen molar-refractivity contribution in [3.63, 3.8) is 0 Å². The lowest BCUT2D eigenvalue weighted by Crippen LogP contribution is -2.37. The minimum absolute atomic E-state index is 0.193. The second-order valence-electron chi connectivity index (χ2n) is 3.90. The standard InChI is InChI=1S/C10H12N4O3/c1-12-6(7(11)15)4-5-8(12)13(2)10(17)14(3)9(5)16/h4H,1-3H3,(H2,11,15). The Bertz CT molecular complexity index is 747. The summed E-state index contributed by atoms with van der Waals surface area (Å²) in [5, 5.41) is 0.297. The maximum atomic E-state index is 11.9. The highest BCUT2D eigenvalue weighted by Gasteiger charge is 2.17. The van der Waals surface area contributed by atoms with Gasteiger partial charge in [-0.05, 0) is 6.07 Å². The number of hydrogen-bond acceptors (Lipinski definition) is 3. The van der Waals surface area contributed by atoms with Crippen molar-refractivity contribution in [2.45, 2.75) is 0 Å². The molecule has 2 heterocycles. The van der Waals surface area contributed by atoms with Gasteiger partial charge in [0, 0.05) is 21.1 Å². The maximum absolute atomic E-state index is 11.9. The molecule has 0 aromatic carbocycles. The first-order valence-electron chi connectivity index (χ1n) is 4.91. The van der Waals surface area contributed by atoms with E-state index in [9.17, 15) is 14.4 Å². The van der Waals surface area contributed by atoms with Gasteiger partial charge in [-0.2, -0.15) is 0 Å². The molecule has 0 fully saturated rings. The smallest absolute Gasteiger partial charge is 0.332 e. The molecule has 0 aliphatic rings. The highest BCUT2D eigenvalue weighted by molar-refractivity contribution is 5.96. The van der Waals surface area contributed by atoms with Crippen LogP contribution in [0.4, 0.5) is 0 Å². The number of aryl methyl sites for hydroxylation is 2. The van der Waals surface area contributed by atoms with Crippen LogP contribution in [0.5, 0.6) is 0 Å². The number of amides is 1. The molecule has 7 nitrogen and oxygen atoms in total. The summed E-state index contributed by atoms with van der Waals surface area (Å²) in [6.45, 7) is 0. The molecule has 2 rings (SSSR count). The summed E-state index contributed by atoms with van der Waals surface area (Å²) in [7, 11) is 4.51. The Labute approximate surface area is 95.7 Å². The number of nitrogens with two attached hydrogens (primary N) is 1. The maximum Gasteiger partial charge on any atom is 0.332 e. The SMILES string of the molecule is Cn1c(=O)c2cc(C(N)=O)n(C)c2n(C)c1=O. The summed E-state index contributed by atoms with van der Waals surface area (Å²) in [5.41, 5.74) is 4.89. The van der Waals surface area contributed by atoms with E-state index in [0.29, 0.717) is 11.0 Å². The molecule has 1 amide bonds. The number of nitrogens with zero attached hydrogens (tertiary/aromatic N) is 3. The number of rotatable bonds is 1. The average molecular weight is 236 g/mol. The number of fused-ring (bicyclic) bond motifs is 1. The predicted octanol–water partition coefficient (Wildman–Crippen LogP) is -1.33. The number of carbonyl (C=O) groups is 1. The van der Waals surface area contributed by atoms with Gasteiger partial charge >= 0.3 is 5.69 Å². The number of aromatic nitrogens is 3. The first-order chi connectivity index (χ1) is 7.86. The number of carbonyl (C=O) groups excluding carboxylic acids is 1. The summed E-state index contributed by atoms with van der Waals surface area (Å²) in [6, 6.07) is 1.40. The molecule has 2 N–H and O–H groups in total. The van der Waals surface area contributed by atoms with Gasteiger partial charge in [-0.25, -0.2) is 4.79 Å². The Hall–Kier alpha value is -2.31. The van der Waals surface area contributed by atoms with Crippen LogP contribution in [0.1, 0.15) is 10.5 Å². The summed E-state index contributed by atoms with van der Waals surface area (Å²) in [6.07, 6.45) is 0. The molecule has 17 heavy (non-hydrogen) atoms. The van der Waals surface area contributed by atoms with Crippen LogP contribution in [0.25, 0.3) is 11.0 Å². The molecule has 2 aromatic rings. The fraction of sp³-hybridized carbons (Fsp3) is 0.300. The minimum atomic E-state index is -0.641. The van der Waals surface area contributed by atoms with E-state index < -0.39 is 17.2 Å². The molecular weight excluding hydrogens is 224 g/mol. The van der Waals surface area contributed by atoms with Gasteiger partial charge in [-0.1, -0.05) is 0 Å². The van der Waals surface area contributed by atoms with Gasteiger partial charge in [0.2, 0.25) is 0 Å². The van der Waals surface area contributed by atoms with E-state index in [1.54, 1.807) is 7.05 Å². The van der Waals surface area contributed by atoms with Crippen molar-refractivity contribution < 1.29 is 4.79 Å². The molecular formula is C10H12N4O3. The fourth-order valence-corrected chi connectivity index (χ4v) is 1.98. The lowest BCUT2D eigenvalue weighted by Gasteiger charge is -2.06. The highest BCUT2D eigenvalue weighted by Crippen LogP contribution is 2.12. The van der Waals surface area contributed by atoms with Gasteiger partial charge in [0.15, 0.2) is 0 Å². The Kier molecular flexibility index (Phi) is 2.20. The van der Waals surface area contributed by atoms with Crippen LogP contribution in [0.3, 0.4) is 0 Å². The molecule has 0 aliphatic carbocycles. The van der Waals surface area contributed by atoms with Gasteiger partial charge in [0.25, 0.3) is 11.5 Å². The van der Waals surface area contributed by atoms with Crippen LogP contribution >= 0.6 is 0 Å². The van der Waals surface area contributed by atoms with E-state index in [4.69, 9.17) is 5.73 Å². The topological polar surface area (TPSA) is 92.0 Å². The third-order valence-electron chi connectivity index (χ3n) is 2.88. The number of hydrogen-bond donors (Lipinski definition) is 1. The van der Waals surface area contributed by atoms with Gasteiger partial charge in [0.1, 0.15) is 11.3 Å². The van der Waals surface area contributed by atoms with Crippen LogP contribution in [-0.2, 0) is 21.1 Å². The summed E-state index contributed by atoms with van der Waals surface area (Å²) >= 11 is 0. The molecule has 0 saturated heterocycles. The summed E-state index contributed by atoms with van der Waals surface area (Å²) in [4.78, 5) is 34.8. The van der Waals surface area contributed by atoms with E-state index >= 15 is 0 Å². The van der Waals surface area contributed by atoms with Crippen molar-refractivity contribution in [1.82, 2.24) is 13.7 Å². The lowest BCUT2D eigenvalue weighted by molar-refractivity contribution is 0.0993. The van der Waals surface area contributed by atoms with E-state index in [1.165, 1.54) is 29.3 Å². The van der Waals surface area contributed by atoms with Gasteiger partial charge in [-0.15, -0.1) is 0 Å². The van der Waals surface area contributed by atoms with E-state index in [-0.39, 0.29) is 5.69 Å². The Morgan fingerprint density at radius 1 is 1.12 bits per heavy atom. The van der Waals surface area contributed by atoms with E-state index in [1.807, 2.05) is 0 Å². The predicted molar refractivity (Wildman–Crippen MR) is 61.9 cm³/mol. The van der Waals surface area contributed by atoms with Crippen LogP contribution in [0.2, 0.25) is 0 Å². The summed E-state index contributed by atoms with van der Waals surface area (Å²) < 4.78 is 3.75. The van der Waals surface area contributed by atoms with Crippen molar-refractivity contribution in [2.75, 3.05) is 0 Å². The second kappa shape index (κ2) is 3.34. The highest BCUT2D eigenvalue weighted by atomic mass is 16.2.